The van der Waals surface area contributed by atoms with E-state index in [2.05, 4.69) is 19.2 Å². The highest BCUT2D eigenvalue weighted by molar-refractivity contribution is 6.30. The van der Waals surface area contributed by atoms with Gasteiger partial charge < -0.3 is 14.5 Å². The van der Waals surface area contributed by atoms with E-state index < -0.39 is 11.9 Å². The van der Waals surface area contributed by atoms with Gasteiger partial charge in [-0.3, -0.25) is 24.5 Å². The van der Waals surface area contributed by atoms with Crippen molar-refractivity contribution < 1.29 is 23.9 Å². The molecular weight excluding hydrogens is 530 g/mol. The maximum atomic E-state index is 13.6. The molecule has 0 bridgehead atoms. The molecule has 6 rings (SSSR count). The van der Waals surface area contributed by atoms with E-state index in [1.54, 1.807) is 12.1 Å². The van der Waals surface area contributed by atoms with E-state index in [9.17, 15) is 19.2 Å². The van der Waals surface area contributed by atoms with E-state index in [1.807, 2.05) is 35.2 Å². The van der Waals surface area contributed by atoms with Gasteiger partial charge in [0.25, 0.3) is 5.91 Å². The SMILES string of the molecule is CC1(C)CCC(C(=O)N2CC(Oc3ccc4c(c3)CN(C3CCC(=O)NC3=O)C4=O)C2)=C(c2ccc(Cl)cc2)C1. The van der Waals surface area contributed by atoms with Gasteiger partial charge >= 0.3 is 0 Å². The van der Waals surface area contributed by atoms with Crippen LogP contribution in [0.15, 0.2) is 48.0 Å². The minimum atomic E-state index is -0.648. The molecule has 2 saturated heterocycles. The van der Waals surface area contributed by atoms with Crippen LogP contribution in [0.3, 0.4) is 0 Å². The number of hydrogen-bond donors (Lipinski definition) is 1. The lowest BCUT2D eigenvalue weighted by molar-refractivity contribution is -0.137. The molecule has 2 aromatic carbocycles. The highest BCUT2D eigenvalue weighted by Gasteiger charge is 2.40. The topological polar surface area (TPSA) is 96.0 Å². The summed E-state index contributed by atoms with van der Waals surface area (Å²) in [6.07, 6.45) is 2.96. The molecule has 8 nitrogen and oxygen atoms in total. The summed E-state index contributed by atoms with van der Waals surface area (Å²) in [6.45, 7) is 5.78. The van der Waals surface area contributed by atoms with Gasteiger partial charge in [-0.05, 0) is 78.1 Å². The number of amides is 4. The van der Waals surface area contributed by atoms with Crippen LogP contribution in [0.5, 0.6) is 5.75 Å². The highest BCUT2D eigenvalue weighted by atomic mass is 35.5. The number of allylic oxidation sites excluding steroid dienone is 1. The van der Waals surface area contributed by atoms with E-state index in [0.717, 1.165) is 41.5 Å². The zero-order chi connectivity index (χ0) is 28.2. The van der Waals surface area contributed by atoms with Gasteiger partial charge in [0.1, 0.15) is 17.9 Å². The first-order valence-electron chi connectivity index (χ1n) is 13.8. The van der Waals surface area contributed by atoms with Crippen molar-refractivity contribution in [2.24, 2.45) is 5.41 Å². The lowest BCUT2D eigenvalue weighted by Gasteiger charge is -2.41. The van der Waals surface area contributed by atoms with Gasteiger partial charge in [-0.2, -0.15) is 0 Å². The first-order chi connectivity index (χ1) is 19.1. The van der Waals surface area contributed by atoms with E-state index in [0.29, 0.717) is 42.4 Å². The number of halogens is 1. The molecule has 0 aromatic heterocycles. The number of carbonyl (C=O) groups is 4. The summed E-state index contributed by atoms with van der Waals surface area (Å²) in [5.41, 5.74) is 4.50. The summed E-state index contributed by atoms with van der Waals surface area (Å²) in [6, 6.07) is 12.4. The third-order valence-electron chi connectivity index (χ3n) is 8.46. The fourth-order valence-electron chi connectivity index (χ4n) is 6.14. The zero-order valence-electron chi connectivity index (χ0n) is 22.7. The Labute approximate surface area is 238 Å². The average Bonchev–Trinajstić information content (AvgIpc) is 3.21. The summed E-state index contributed by atoms with van der Waals surface area (Å²) in [7, 11) is 0. The van der Waals surface area contributed by atoms with Crippen molar-refractivity contribution in [2.75, 3.05) is 13.1 Å². The number of nitrogens with zero attached hydrogens (tertiary/aromatic N) is 2. The summed E-state index contributed by atoms with van der Waals surface area (Å²) in [4.78, 5) is 53.7. The highest BCUT2D eigenvalue weighted by Crippen LogP contribution is 2.44. The van der Waals surface area contributed by atoms with Gasteiger partial charge in [0, 0.05) is 29.1 Å². The molecular formula is C31H32ClN3O5. The number of ether oxygens (including phenoxy) is 1. The van der Waals surface area contributed by atoms with Crippen LogP contribution in [0.25, 0.3) is 5.57 Å². The molecule has 1 atom stereocenters. The molecule has 1 unspecified atom stereocenters. The molecule has 208 valence electrons. The van der Waals surface area contributed by atoms with Crippen molar-refractivity contribution in [3.8, 4) is 5.75 Å². The van der Waals surface area contributed by atoms with Crippen LogP contribution in [0.1, 0.15) is 67.4 Å². The second-order valence-electron chi connectivity index (χ2n) is 12.0. The Bertz CT molecular complexity index is 1440. The summed E-state index contributed by atoms with van der Waals surface area (Å²) in [5.74, 6) is -0.242. The number of carbonyl (C=O) groups excluding carboxylic acids is 4. The zero-order valence-corrected chi connectivity index (χ0v) is 23.4. The van der Waals surface area contributed by atoms with Crippen molar-refractivity contribution in [2.45, 2.75) is 64.6 Å². The number of rotatable bonds is 5. The lowest BCUT2D eigenvalue weighted by atomic mass is 9.72. The smallest absolute Gasteiger partial charge is 0.255 e. The van der Waals surface area contributed by atoms with Crippen LogP contribution >= 0.6 is 11.6 Å². The third kappa shape index (κ3) is 5.01. The standard InChI is InChI=1S/C31H32ClN3O5/c1-31(2)12-11-24(25(14-31)18-3-5-20(32)6-4-18)29(38)34-16-22(17-34)40-21-7-8-23-19(13-21)15-35(30(23)39)26-9-10-27(36)33-28(26)37/h3-8,13,22,26H,9-12,14-17H2,1-2H3,(H,33,36,37). The molecule has 2 fully saturated rings. The van der Waals surface area contributed by atoms with Gasteiger partial charge in [-0.25, -0.2) is 0 Å². The molecule has 40 heavy (non-hydrogen) atoms. The Hall–Kier alpha value is -3.65. The van der Waals surface area contributed by atoms with Crippen molar-refractivity contribution in [1.29, 1.82) is 0 Å². The van der Waals surface area contributed by atoms with E-state index in [4.69, 9.17) is 16.3 Å². The molecule has 4 aliphatic rings. The maximum absolute atomic E-state index is 13.6. The molecule has 1 aliphatic carbocycles. The summed E-state index contributed by atoms with van der Waals surface area (Å²) >= 11 is 6.11. The predicted octanol–water partition coefficient (Wildman–Crippen LogP) is 4.35. The first-order valence-corrected chi connectivity index (χ1v) is 14.2. The third-order valence-corrected chi connectivity index (χ3v) is 8.71. The van der Waals surface area contributed by atoms with E-state index in [-0.39, 0.29) is 35.7 Å². The molecule has 4 amide bonds. The molecule has 3 heterocycles. The van der Waals surface area contributed by atoms with Crippen LogP contribution in [0.4, 0.5) is 0 Å². The largest absolute Gasteiger partial charge is 0.487 e. The number of imide groups is 1. The second-order valence-corrected chi connectivity index (χ2v) is 12.4. The number of nitrogens with one attached hydrogen (secondary N) is 1. The number of hydrogen-bond acceptors (Lipinski definition) is 5. The van der Waals surface area contributed by atoms with E-state index >= 15 is 0 Å². The number of likely N-dealkylation sites (tertiary alicyclic amines) is 1. The van der Waals surface area contributed by atoms with Gasteiger partial charge in [-0.1, -0.05) is 37.6 Å². The van der Waals surface area contributed by atoms with E-state index in [1.165, 1.54) is 4.90 Å². The fraction of sp³-hybridized carbons (Fsp3) is 0.419. The predicted molar refractivity (Wildman–Crippen MR) is 149 cm³/mol. The van der Waals surface area contributed by atoms with Crippen molar-refractivity contribution in [3.05, 3.63) is 69.8 Å². The fourth-order valence-corrected chi connectivity index (χ4v) is 6.26. The molecule has 0 spiro atoms. The Balaban J connectivity index is 1.11. The van der Waals surface area contributed by atoms with Gasteiger partial charge in [0.05, 0.1) is 13.1 Å². The number of piperidine rings is 1. The van der Waals surface area contributed by atoms with Crippen LogP contribution in [0.2, 0.25) is 5.02 Å². The Morgan fingerprint density at radius 1 is 1.05 bits per heavy atom. The summed E-state index contributed by atoms with van der Waals surface area (Å²) < 4.78 is 6.17. The molecule has 1 N–H and O–H groups in total. The van der Waals surface area contributed by atoms with Crippen LogP contribution in [-0.2, 0) is 20.9 Å². The second kappa shape index (κ2) is 10.1. The Morgan fingerprint density at radius 3 is 2.52 bits per heavy atom. The lowest BCUT2D eigenvalue weighted by Crippen LogP contribution is -2.56. The molecule has 9 heteroatoms. The monoisotopic (exact) mass is 561 g/mol. The first kappa shape index (κ1) is 26.6. The van der Waals surface area contributed by atoms with Crippen LogP contribution < -0.4 is 10.1 Å². The van der Waals surface area contributed by atoms with Crippen LogP contribution in [0, 0.1) is 5.41 Å². The average molecular weight is 562 g/mol. The molecule has 2 aromatic rings. The quantitative estimate of drug-likeness (QED) is 0.547. The minimum Gasteiger partial charge on any atom is -0.487 e. The van der Waals surface area contributed by atoms with Crippen molar-refractivity contribution in [3.63, 3.8) is 0 Å². The van der Waals surface area contributed by atoms with Crippen LogP contribution in [-0.4, -0.2) is 58.7 Å². The van der Waals surface area contributed by atoms with Gasteiger partial charge in [-0.15, -0.1) is 0 Å². The normalized spacial score (nSPS) is 22.7. The minimum absolute atomic E-state index is 0.0692. The number of benzene rings is 2. The summed E-state index contributed by atoms with van der Waals surface area (Å²) in [5, 5.41) is 3.00. The van der Waals surface area contributed by atoms with Crippen molar-refractivity contribution in [1.82, 2.24) is 15.1 Å². The Morgan fingerprint density at radius 2 is 1.80 bits per heavy atom. The number of fused-ring (bicyclic) bond motifs is 1. The van der Waals surface area contributed by atoms with Gasteiger partial charge in [0.2, 0.25) is 17.7 Å². The molecule has 0 saturated carbocycles. The molecule has 3 aliphatic heterocycles. The van der Waals surface area contributed by atoms with Gasteiger partial charge in [0.15, 0.2) is 0 Å². The maximum Gasteiger partial charge on any atom is 0.255 e. The molecule has 0 radical (unpaired) electrons. The van der Waals surface area contributed by atoms with Crippen molar-refractivity contribution >= 4 is 40.8 Å². The Kier molecular flexibility index (Phi) is 6.69.